The number of hydrogen-bond acceptors (Lipinski definition) is 3. The van der Waals surface area contributed by atoms with Crippen molar-refractivity contribution in [1.29, 1.82) is 0 Å². The van der Waals surface area contributed by atoms with Crippen molar-refractivity contribution in [1.82, 2.24) is 10.2 Å². The van der Waals surface area contributed by atoms with Gasteiger partial charge in [-0.15, -0.1) is 0 Å². The minimum absolute atomic E-state index is 0.104. The predicted octanol–water partition coefficient (Wildman–Crippen LogP) is 1.43. The van der Waals surface area contributed by atoms with Crippen molar-refractivity contribution in [3.05, 3.63) is 35.4 Å². The molecule has 4 heteroatoms. The first kappa shape index (κ1) is 14.5. The minimum Gasteiger partial charge on any atom is -0.396 e. The van der Waals surface area contributed by atoms with Gasteiger partial charge in [0.2, 0.25) is 0 Å². The summed E-state index contributed by atoms with van der Waals surface area (Å²) in [6.45, 7) is 5.63. The van der Waals surface area contributed by atoms with Crippen LogP contribution in [0.3, 0.4) is 0 Å². The van der Waals surface area contributed by atoms with Gasteiger partial charge < -0.3 is 15.3 Å². The summed E-state index contributed by atoms with van der Waals surface area (Å²) in [5, 5.41) is 13.1. The first-order chi connectivity index (χ1) is 10.1. The van der Waals surface area contributed by atoms with Crippen LogP contribution in [0.1, 0.15) is 28.8 Å². The lowest BCUT2D eigenvalue weighted by molar-refractivity contribution is 0.0756. The fourth-order valence-electron chi connectivity index (χ4n) is 3.89. The number of aryl methyl sites for hydroxylation is 1. The van der Waals surface area contributed by atoms with Gasteiger partial charge >= 0.3 is 0 Å². The summed E-state index contributed by atoms with van der Waals surface area (Å²) in [7, 11) is 0. The molecule has 2 N–H and O–H groups in total. The van der Waals surface area contributed by atoms with Gasteiger partial charge in [-0.05, 0) is 50.4 Å². The van der Waals surface area contributed by atoms with Crippen molar-refractivity contribution in [2.75, 3.05) is 32.8 Å². The molecule has 1 atom stereocenters. The molecule has 2 fully saturated rings. The van der Waals surface area contributed by atoms with Crippen LogP contribution in [0.2, 0.25) is 0 Å². The molecule has 0 radical (unpaired) electrons. The Labute approximate surface area is 126 Å². The second kappa shape index (κ2) is 5.78. The maximum Gasteiger partial charge on any atom is 0.253 e. The molecule has 2 saturated heterocycles. The van der Waals surface area contributed by atoms with Crippen LogP contribution >= 0.6 is 0 Å². The molecular formula is C17H24N2O2. The number of aliphatic hydroxyl groups excluding tert-OH is 1. The van der Waals surface area contributed by atoms with Crippen LogP contribution in [0.15, 0.2) is 24.3 Å². The lowest BCUT2D eigenvalue weighted by Gasteiger charge is -2.37. The zero-order chi connectivity index (χ0) is 14.9. The maximum absolute atomic E-state index is 12.7. The molecule has 0 aromatic heterocycles. The lowest BCUT2D eigenvalue weighted by Crippen LogP contribution is -2.43. The number of piperidine rings is 1. The van der Waals surface area contributed by atoms with E-state index in [1.807, 2.05) is 36.1 Å². The minimum atomic E-state index is 0.104. The summed E-state index contributed by atoms with van der Waals surface area (Å²) < 4.78 is 0. The van der Waals surface area contributed by atoms with Gasteiger partial charge in [-0.25, -0.2) is 0 Å². The number of hydrogen-bond donors (Lipinski definition) is 2. The van der Waals surface area contributed by atoms with Crippen molar-refractivity contribution < 1.29 is 9.90 Å². The van der Waals surface area contributed by atoms with E-state index < -0.39 is 0 Å². The van der Waals surface area contributed by atoms with E-state index in [1.165, 1.54) is 0 Å². The standard InChI is InChI=1S/C17H24N2O2/c1-13-3-2-4-14(9-13)16(21)19-10-15(11-20)17(12-19)5-7-18-8-6-17/h2-4,9,15,18,20H,5-8,10-12H2,1H3. The summed E-state index contributed by atoms with van der Waals surface area (Å²) in [5.41, 5.74) is 1.98. The third-order valence-corrected chi connectivity index (χ3v) is 5.18. The van der Waals surface area contributed by atoms with Crippen LogP contribution < -0.4 is 5.32 Å². The smallest absolute Gasteiger partial charge is 0.253 e. The summed E-state index contributed by atoms with van der Waals surface area (Å²) in [4.78, 5) is 14.7. The number of benzene rings is 1. The summed E-state index contributed by atoms with van der Waals surface area (Å²) in [6.07, 6.45) is 2.10. The SMILES string of the molecule is Cc1cccc(C(=O)N2CC(CO)C3(CCNCC3)C2)c1. The van der Waals surface area contributed by atoms with Crippen molar-refractivity contribution in [2.45, 2.75) is 19.8 Å². The molecule has 1 aromatic rings. The number of carbonyl (C=O) groups excluding carboxylic acids is 1. The summed E-state index contributed by atoms with van der Waals surface area (Å²) in [6, 6.07) is 7.77. The number of carbonyl (C=O) groups is 1. The summed E-state index contributed by atoms with van der Waals surface area (Å²) in [5.74, 6) is 0.320. The third kappa shape index (κ3) is 2.70. The Hall–Kier alpha value is -1.39. The van der Waals surface area contributed by atoms with Gasteiger partial charge in [-0.2, -0.15) is 0 Å². The van der Waals surface area contributed by atoms with E-state index in [0.29, 0.717) is 6.54 Å². The average Bonchev–Trinajstić information content (AvgIpc) is 2.85. The Morgan fingerprint density at radius 2 is 2.19 bits per heavy atom. The van der Waals surface area contributed by atoms with Gasteiger partial charge in [0.1, 0.15) is 0 Å². The monoisotopic (exact) mass is 288 g/mol. The Bertz CT molecular complexity index is 523. The number of rotatable bonds is 2. The van der Waals surface area contributed by atoms with Gasteiger partial charge in [0.05, 0.1) is 0 Å². The molecule has 4 nitrogen and oxygen atoms in total. The molecule has 1 spiro atoms. The molecule has 3 rings (SSSR count). The van der Waals surface area contributed by atoms with E-state index >= 15 is 0 Å². The van der Waals surface area contributed by atoms with E-state index in [1.54, 1.807) is 0 Å². The highest BCUT2D eigenvalue weighted by atomic mass is 16.3. The zero-order valence-electron chi connectivity index (χ0n) is 12.6. The highest BCUT2D eigenvalue weighted by Gasteiger charge is 2.47. The molecule has 2 aliphatic heterocycles. The fourth-order valence-corrected chi connectivity index (χ4v) is 3.89. The van der Waals surface area contributed by atoms with E-state index in [4.69, 9.17) is 0 Å². The van der Waals surface area contributed by atoms with Gasteiger partial charge in [0, 0.05) is 31.2 Å². The van der Waals surface area contributed by atoms with Crippen molar-refractivity contribution in [3.8, 4) is 0 Å². The summed E-state index contributed by atoms with van der Waals surface area (Å²) >= 11 is 0. The second-order valence-electron chi connectivity index (χ2n) is 6.55. The van der Waals surface area contributed by atoms with Crippen LogP contribution in [-0.4, -0.2) is 48.7 Å². The first-order valence-electron chi connectivity index (χ1n) is 7.82. The topological polar surface area (TPSA) is 52.6 Å². The number of nitrogens with zero attached hydrogens (tertiary/aromatic N) is 1. The van der Waals surface area contributed by atoms with E-state index in [9.17, 15) is 9.90 Å². The highest BCUT2D eigenvalue weighted by molar-refractivity contribution is 5.94. The number of amides is 1. The Balaban J connectivity index is 1.79. The van der Waals surface area contributed by atoms with Crippen molar-refractivity contribution >= 4 is 5.91 Å². The molecule has 1 amide bonds. The molecule has 114 valence electrons. The Morgan fingerprint density at radius 1 is 1.43 bits per heavy atom. The van der Waals surface area contributed by atoms with Crippen LogP contribution in [0, 0.1) is 18.3 Å². The molecule has 2 heterocycles. The zero-order valence-corrected chi connectivity index (χ0v) is 12.6. The van der Waals surface area contributed by atoms with Crippen LogP contribution in [0.4, 0.5) is 0 Å². The van der Waals surface area contributed by atoms with Crippen molar-refractivity contribution in [3.63, 3.8) is 0 Å². The van der Waals surface area contributed by atoms with E-state index in [0.717, 1.165) is 43.6 Å². The highest BCUT2D eigenvalue weighted by Crippen LogP contribution is 2.43. The van der Waals surface area contributed by atoms with Crippen LogP contribution in [0.5, 0.6) is 0 Å². The third-order valence-electron chi connectivity index (χ3n) is 5.18. The largest absolute Gasteiger partial charge is 0.396 e. The molecule has 1 unspecified atom stereocenters. The molecule has 21 heavy (non-hydrogen) atoms. The molecule has 1 aromatic carbocycles. The molecule has 0 aliphatic carbocycles. The maximum atomic E-state index is 12.7. The molecule has 2 aliphatic rings. The van der Waals surface area contributed by atoms with Gasteiger partial charge in [-0.3, -0.25) is 4.79 Å². The van der Waals surface area contributed by atoms with E-state index in [-0.39, 0.29) is 23.8 Å². The quantitative estimate of drug-likeness (QED) is 0.865. The molecular weight excluding hydrogens is 264 g/mol. The Morgan fingerprint density at radius 3 is 2.86 bits per heavy atom. The number of aliphatic hydroxyl groups is 1. The van der Waals surface area contributed by atoms with Gasteiger partial charge in [0.15, 0.2) is 0 Å². The first-order valence-corrected chi connectivity index (χ1v) is 7.82. The van der Waals surface area contributed by atoms with Crippen LogP contribution in [0.25, 0.3) is 0 Å². The van der Waals surface area contributed by atoms with Crippen LogP contribution in [-0.2, 0) is 0 Å². The van der Waals surface area contributed by atoms with E-state index in [2.05, 4.69) is 5.32 Å². The molecule has 0 saturated carbocycles. The molecule has 0 bridgehead atoms. The van der Waals surface area contributed by atoms with Crippen molar-refractivity contribution in [2.24, 2.45) is 11.3 Å². The number of likely N-dealkylation sites (tertiary alicyclic amines) is 1. The average molecular weight is 288 g/mol. The fraction of sp³-hybridized carbons (Fsp3) is 0.588. The predicted molar refractivity (Wildman–Crippen MR) is 82.2 cm³/mol. The second-order valence-corrected chi connectivity index (χ2v) is 6.55. The normalized spacial score (nSPS) is 24.5. The number of nitrogens with one attached hydrogen (secondary N) is 1. The van der Waals surface area contributed by atoms with Gasteiger partial charge in [0.25, 0.3) is 5.91 Å². The van der Waals surface area contributed by atoms with Gasteiger partial charge in [-0.1, -0.05) is 17.7 Å². The Kier molecular flexibility index (Phi) is 4.00. The lowest BCUT2D eigenvalue weighted by atomic mass is 9.71.